The van der Waals surface area contributed by atoms with Crippen LogP contribution in [0.1, 0.15) is 29.5 Å². The highest BCUT2D eigenvalue weighted by Gasteiger charge is 2.34. The van der Waals surface area contributed by atoms with Crippen LogP contribution < -0.4 is 5.73 Å². The first-order valence-electron chi connectivity index (χ1n) is 5.11. The Morgan fingerprint density at radius 3 is 2.88 bits per heavy atom. The number of aliphatic hydroxyl groups is 2. The van der Waals surface area contributed by atoms with Crippen LogP contribution in [0.3, 0.4) is 0 Å². The zero-order chi connectivity index (χ0) is 11.7. The molecule has 1 aromatic heterocycles. The average Bonchev–Trinajstić information content (AvgIpc) is 2.83. The Balaban J connectivity index is 2.15. The van der Waals surface area contributed by atoms with Gasteiger partial charge in [-0.1, -0.05) is 0 Å². The second-order valence-corrected chi connectivity index (χ2v) is 4.07. The van der Waals surface area contributed by atoms with Crippen LogP contribution in [0.5, 0.6) is 0 Å². The van der Waals surface area contributed by atoms with Crippen molar-refractivity contribution in [2.24, 2.45) is 11.7 Å². The van der Waals surface area contributed by atoms with Crippen LogP contribution in [-0.4, -0.2) is 43.6 Å². The quantitative estimate of drug-likeness (QED) is 0.591. The van der Waals surface area contributed by atoms with E-state index >= 15 is 0 Å². The van der Waals surface area contributed by atoms with Crippen LogP contribution in [0.15, 0.2) is 6.33 Å². The number of hydrogen-bond donors (Lipinski definition) is 3. The number of rotatable bonds is 3. The highest BCUT2D eigenvalue weighted by atomic mass is 16.3. The maximum atomic E-state index is 10.8. The molecule has 1 fully saturated rings. The molecule has 1 heterocycles. The minimum Gasteiger partial charge on any atom is -0.396 e. The van der Waals surface area contributed by atoms with Gasteiger partial charge in [0, 0.05) is 6.61 Å². The molecule has 1 aliphatic rings. The van der Waals surface area contributed by atoms with Gasteiger partial charge in [0.1, 0.15) is 6.33 Å². The molecule has 7 heteroatoms. The topological polar surface area (TPSA) is 114 Å². The van der Waals surface area contributed by atoms with Gasteiger partial charge in [0.05, 0.1) is 12.1 Å². The third-order valence-electron chi connectivity index (χ3n) is 2.92. The number of nitrogens with zero attached hydrogens (tertiary/aromatic N) is 3. The summed E-state index contributed by atoms with van der Waals surface area (Å²) in [7, 11) is 0. The molecule has 3 atom stereocenters. The Bertz CT molecular complexity index is 392. The van der Waals surface area contributed by atoms with E-state index in [1.807, 2.05) is 0 Å². The van der Waals surface area contributed by atoms with Crippen LogP contribution >= 0.6 is 0 Å². The van der Waals surface area contributed by atoms with Crippen LogP contribution in [0.4, 0.5) is 0 Å². The van der Waals surface area contributed by atoms with E-state index in [1.54, 1.807) is 0 Å². The van der Waals surface area contributed by atoms with Crippen LogP contribution in [0.2, 0.25) is 0 Å². The lowest BCUT2D eigenvalue weighted by Crippen LogP contribution is -2.20. The van der Waals surface area contributed by atoms with Crippen LogP contribution in [0, 0.1) is 5.92 Å². The SMILES string of the molecule is NC(=O)c1ncn([C@@H]2C[C@H](CO)CC2O)n1. The molecule has 16 heavy (non-hydrogen) atoms. The minimum absolute atomic E-state index is 0.0466. The number of aliphatic hydroxyl groups excluding tert-OH is 2. The summed E-state index contributed by atoms with van der Waals surface area (Å²) in [6.45, 7) is 0.0466. The number of nitrogens with two attached hydrogens (primary N) is 1. The van der Waals surface area contributed by atoms with E-state index in [9.17, 15) is 9.90 Å². The molecule has 0 bridgehead atoms. The number of aromatic nitrogens is 3. The molecule has 0 spiro atoms. The van der Waals surface area contributed by atoms with Gasteiger partial charge in [-0.15, -0.1) is 5.10 Å². The fourth-order valence-electron chi connectivity index (χ4n) is 2.07. The molecule has 1 unspecified atom stereocenters. The summed E-state index contributed by atoms with van der Waals surface area (Å²) in [6.07, 6.45) is 1.97. The summed E-state index contributed by atoms with van der Waals surface area (Å²) in [5.74, 6) is -0.675. The Hall–Kier alpha value is -1.47. The van der Waals surface area contributed by atoms with Gasteiger partial charge in [0.15, 0.2) is 0 Å². The van der Waals surface area contributed by atoms with Gasteiger partial charge >= 0.3 is 0 Å². The fourth-order valence-corrected chi connectivity index (χ4v) is 2.07. The van der Waals surface area contributed by atoms with Crippen molar-refractivity contribution in [2.75, 3.05) is 6.61 Å². The smallest absolute Gasteiger partial charge is 0.288 e. The molecule has 1 amide bonds. The maximum absolute atomic E-state index is 10.8. The fraction of sp³-hybridized carbons (Fsp3) is 0.667. The second-order valence-electron chi connectivity index (χ2n) is 4.07. The normalized spacial score (nSPS) is 29.5. The van der Waals surface area contributed by atoms with E-state index < -0.39 is 12.0 Å². The standard InChI is InChI=1S/C9H14N4O3/c10-8(16)9-11-4-13(12-9)6-1-5(3-14)2-7(6)15/h4-7,14-15H,1-3H2,(H2,10,16)/t5-,6+,7?/m0/s1. The third kappa shape index (κ3) is 1.91. The molecule has 0 aromatic carbocycles. The van der Waals surface area contributed by atoms with E-state index in [2.05, 4.69) is 10.1 Å². The van der Waals surface area contributed by atoms with Crippen molar-refractivity contribution in [1.82, 2.24) is 14.8 Å². The molecular weight excluding hydrogens is 212 g/mol. The molecular formula is C9H14N4O3. The first kappa shape index (κ1) is 11.0. The largest absolute Gasteiger partial charge is 0.396 e. The minimum atomic E-state index is -0.690. The van der Waals surface area contributed by atoms with Crippen molar-refractivity contribution in [3.05, 3.63) is 12.2 Å². The van der Waals surface area contributed by atoms with Crippen molar-refractivity contribution < 1.29 is 15.0 Å². The molecule has 88 valence electrons. The highest BCUT2D eigenvalue weighted by molar-refractivity contribution is 5.88. The predicted octanol–water partition coefficient (Wildman–Crippen LogP) is -1.32. The van der Waals surface area contributed by atoms with E-state index in [0.717, 1.165) is 0 Å². The highest BCUT2D eigenvalue weighted by Crippen LogP contribution is 2.33. The summed E-state index contributed by atoms with van der Waals surface area (Å²) in [5.41, 5.74) is 5.03. The molecule has 0 aliphatic heterocycles. The van der Waals surface area contributed by atoms with Gasteiger partial charge < -0.3 is 15.9 Å². The monoisotopic (exact) mass is 226 g/mol. The van der Waals surface area contributed by atoms with Gasteiger partial charge in [-0.2, -0.15) is 0 Å². The van der Waals surface area contributed by atoms with Crippen LogP contribution in [-0.2, 0) is 0 Å². The van der Waals surface area contributed by atoms with Gasteiger partial charge in [-0.05, 0) is 18.8 Å². The molecule has 2 rings (SSSR count). The summed E-state index contributed by atoms with van der Waals surface area (Å²) < 4.78 is 1.44. The Morgan fingerprint density at radius 2 is 2.38 bits per heavy atom. The van der Waals surface area contributed by atoms with E-state index in [0.29, 0.717) is 12.8 Å². The van der Waals surface area contributed by atoms with E-state index in [1.165, 1.54) is 11.0 Å². The molecule has 1 saturated carbocycles. The second kappa shape index (κ2) is 4.18. The number of amides is 1. The van der Waals surface area contributed by atoms with Gasteiger partial charge in [-0.25, -0.2) is 9.67 Å². The molecule has 4 N–H and O–H groups in total. The summed E-state index contributed by atoms with van der Waals surface area (Å²) in [6, 6.07) is -0.238. The van der Waals surface area contributed by atoms with Crippen molar-refractivity contribution in [1.29, 1.82) is 0 Å². The lowest BCUT2D eigenvalue weighted by Gasteiger charge is -2.13. The van der Waals surface area contributed by atoms with Gasteiger partial charge in [-0.3, -0.25) is 4.79 Å². The first-order valence-corrected chi connectivity index (χ1v) is 5.11. The van der Waals surface area contributed by atoms with E-state index in [4.69, 9.17) is 10.8 Å². The van der Waals surface area contributed by atoms with E-state index in [-0.39, 0.29) is 24.4 Å². The summed E-state index contributed by atoms with van der Waals surface area (Å²) in [4.78, 5) is 14.6. The molecule has 0 saturated heterocycles. The Kier molecular flexibility index (Phi) is 2.88. The number of carbonyl (C=O) groups is 1. The first-order chi connectivity index (χ1) is 7.61. The number of primary amides is 1. The zero-order valence-corrected chi connectivity index (χ0v) is 8.65. The van der Waals surface area contributed by atoms with Crippen molar-refractivity contribution in [3.8, 4) is 0 Å². The van der Waals surface area contributed by atoms with Crippen molar-refractivity contribution >= 4 is 5.91 Å². The summed E-state index contributed by atoms with van der Waals surface area (Å²) in [5, 5.41) is 22.7. The third-order valence-corrected chi connectivity index (χ3v) is 2.92. The van der Waals surface area contributed by atoms with Crippen molar-refractivity contribution in [2.45, 2.75) is 25.0 Å². The number of carbonyl (C=O) groups excluding carboxylic acids is 1. The molecule has 1 aromatic rings. The lowest BCUT2D eigenvalue weighted by atomic mass is 10.1. The predicted molar refractivity (Wildman–Crippen MR) is 53.4 cm³/mol. The number of hydrogen-bond acceptors (Lipinski definition) is 5. The molecule has 1 aliphatic carbocycles. The van der Waals surface area contributed by atoms with Gasteiger partial charge in [0.25, 0.3) is 5.91 Å². The summed E-state index contributed by atoms with van der Waals surface area (Å²) >= 11 is 0. The zero-order valence-electron chi connectivity index (χ0n) is 8.65. The van der Waals surface area contributed by atoms with Crippen molar-refractivity contribution in [3.63, 3.8) is 0 Å². The Morgan fingerprint density at radius 1 is 1.62 bits per heavy atom. The van der Waals surface area contributed by atoms with Gasteiger partial charge in [0.2, 0.25) is 5.82 Å². The average molecular weight is 226 g/mol. The molecule has 0 radical (unpaired) electrons. The maximum Gasteiger partial charge on any atom is 0.288 e. The molecule has 7 nitrogen and oxygen atoms in total. The lowest BCUT2D eigenvalue weighted by molar-refractivity contribution is 0.0986. The Labute approximate surface area is 91.9 Å². The van der Waals surface area contributed by atoms with Crippen LogP contribution in [0.25, 0.3) is 0 Å².